The van der Waals surface area contributed by atoms with Crippen LogP contribution in [0.3, 0.4) is 0 Å². The molecule has 1 aromatic heterocycles. The summed E-state index contributed by atoms with van der Waals surface area (Å²) < 4.78 is 49.5. The second kappa shape index (κ2) is 9.23. The lowest BCUT2D eigenvalue weighted by atomic mass is 9.85. The van der Waals surface area contributed by atoms with Crippen LogP contribution in [0.4, 0.5) is 19.0 Å². The van der Waals surface area contributed by atoms with Crippen LogP contribution < -0.4 is 26.6 Å². The van der Waals surface area contributed by atoms with Crippen LogP contribution in [0, 0.1) is 5.92 Å². The number of benzene rings is 1. The summed E-state index contributed by atoms with van der Waals surface area (Å²) in [6.45, 7) is 0. The van der Waals surface area contributed by atoms with Crippen LogP contribution in [0.2, 0.25) is 0 Å². The molecule has 0 saturated heterocycles. The molecule has 1 fully saturated rings. The molecule has 2 aliphatic rings. The van der Waals surface area contributed by atoms with E-state index in [-0.39, 0.29) is 23.8 Å². The molecule has 0 spiro atoms. The monoisotopic (exact) mass is 494 g/mol. The zero-order chi connectivity index (χ0) is 25.4. The average Bonchev–Trinajstić information content (AvgIpc) is 3.11. The number of carbonyl (C=O) groups excluding carboxylic acids is 2. The minimum absolute atomic E-state index is 0.00519. The largest absolute Gasteiger partial charge is 0.495 e. The number of ether oxygens (including phenoxy) is 1. The highest BCUT2D eigenvalue weighted by atomic mass is 19.4. The number of aromatic amines is 1. The summed E-state index contributed by atoms with van der Waals surface area (Å²) in [5, 5.41) is 3.82. The lowest BCUT2D eigenvalue weighted by molar-refractivity contribution is -0.200. The number of aromatic nitrogens is 2. The maximum Gasteiger partial charge on any atom is 0.425 e. The number of amides is 2. The summed E-state index contributed by atoms with van der Waals surface area (Å²) in [6.07, 6.45) is -0.334. The number of para-hydroxylation sites is 2. The molecule has 4 rings (SSSR count). The number of anilines is 1. The third-order valence-electron chi connectivity index (χ3n) is 6.64. The third-order valence-corrected chi connectivity index (χ3v) is 6.64. The van der Waals surface area contributed by atoms with Gasteiger partial charge in [-0.3, -0.25) is 19.4 Å². The van der Waals surface area contributed by atoms with Crippen molar-refractivity contribution in [1.29, 1.82) is 0 Å². The minimum atomic E-state index is -5.38. The lowest BCUT2D eigenvalue weighted by Crippen LogP contribution is -2.62. The summed E-state index contributed by atoms with van der Waals surface area (Å²) in [6, 6.07) is 5.91. The van der Waals surface area contributed by atoms with Crippen molar-refractivity contribution in [3.63, 3.8) is 0 Å². The van der Waals surface area contributed by atoms with E-state index >= 15 is 0 Å². The van der Waals surface area contributed by atoms with Crippen molar-refractivity contribution in [2.75, 3.05) is 12.4 Å². The SMILES string of the molecule is COc1ccccc1-n1c2c(c(=O)[nH]c1=O)C(NC(=O)CCC1CCCCC1)(C(F)(F)F)C(=O)N2. The van der Waals surface area contributed by atoms with Crippen molar-refractivity contribution in [1.82, 2.24) is 14.9 Å². The number of alkyl halides is 3. The molecule has 1 atom stereocenters. The zero-order valence-electron chi connectivity index (χ0n) is 19.0. The van der Waals surface area contributed by atoms with Gasteiger partial charge < -0.3 is 15.4 Å². The van der Waals surface area contributed by atoms with E-state index < -0.39 is 46.2 Å². The third kappa shape index (κ3) is 4.21. The number of nitrogens with zero attached hydrogens (tertiary/aromatic N) is 1. The molecule has 3 N–H and O–H groups in total. The van der Waals surface area contributed by atoms with Crippen LogP contribution in [0.15, 0.2) is 33.9 Å². The van der Waals surface area contributed by atoms with Gasteiger partial charge in [-0.1, -0.05) is 44.2 Å². The fourth-order valence-corrected chi connectivity index (χ4v) is 4.91. The van der Waals surface area contributed by atoms with Gasteiger partial charge in [-0.15, -0.1) is 0 Å². The smallest absolute Gasteiger partial charge is 0.425 e. The standard InChI is InChI=1S/C23H25F3N4O5/c1-35-15-10-6-5-9-14(15)30-18-17(19(32)28-21(30)34)22(20(33)27-18,23(24,25)26)29-16(31)12-11-13-7-3-2-4-8-13/h5-6,9-10,13H,2-4,7-8,11-12H2,1H3,(H,27,33)(H,29,31)(H,28,32,34). The Balaban J connectivity index is 1.80. The number of fused-ring (bicyclic) bond motifs is 1. The van der Waals surface area contributed by atoms with Crippen molar-refractivity contribution < 1.29 is 27.5 Å². The van der Waals surface area contributed by atoms with Gasteiger partial charge in [0.15, 0.2) is 0 Å². The Bertz CT molecular complexity index is 1260. The van der Waals surface area contributed by atoms with Crippen molar-refractivity contribution >= 4 is 17.6 Å². The van der Waals surface area contributed by atoms with E-state index in [4.69, 9.17) is 4.74 Å². The number of halogens is 3. The topological polar surface area (TPSA) is 122 Å². The maximum atomic E-state index is 14.5. The van der Waals surface area contributed by atoms with Gasteiger partial charge in [0.1, 0.15) is 17.1 Å². The molecule has 1 unspecified atom stereocenters. The number of methoxy groups -OCH3 is 1. The predicted molar refractivity (Wildman–Crippen MR) is 120 cm³/mol. The second-order valence-electron chi connectivity index (χ2n) is 8.78. The lowest BCUT2D eigenvalue weighted by Gasteiger charge is -2.30. The number of nitrogens with one attached hydrogen (secondary N) is 3. The molecule has 2 heterocycles. The Morgan fingerprint density at radius 3 is 2.51 bits per heavy atom. The van der Waals surface area contributed by atoms with Crippen LogP contribution in [-0.2, 0) is 15.1 Å². The molecule has 1 aliphatic heterocycles. The molecule has 1 aliphatic carbocycles. The van der Waals surface area contributed by atoms with E-state index in [2.05, 4.69) is 0 Å². The Labute approximate surface area is 197 Å². The number of hydrogen-bond donors (Lipinski definition) is 3. The molecule has 1 aromatic carbocycles. The van der Waals surface area contributed by atoms with E-state index in [0.717, 1.165) is 36.7 Å². The molecule has 188 valence electrons. The van der Waals surface area contributed by atoms with Crippen molar-refractivity contribution in [2.45, 2.75) is 56.7 Å². The van der Waals surface area contributed by atoms with E-state index in [9.17, 15) is 32.3 Å². The number of H-pyrrole nitrogens is 1. The Hall–Kier alpha value is -3.57. The first-order chi connectivity index (χ1) is 16.6. The normalized spacial score (nSPS) is 20.3. The van der Waals surface area contributed by atoms with Gasteiger partial charge >= 0.3 is 11.9 Å². The first kappa shape index (κ1) is 24.6. The van der Waals surface area contributed by atoms with Crippen LogP contribution in [0.1, 0.15) is 50.5 Å². The summed E-state index contributed by atoms with van der Waals surface area (Å²) in [7, 11) is 1.29. The van der Waals surface area contributed by atoms with Gasteiger partial charge in [-0.05, 0) is 24.5 Å². The van der Waals surface area contributed by atoms with Gasteiger partial charge in [0.2, 0.25) is 11.4 Å². The van der Waals surface area contributed by atoms with Gasteiger partial charge in [0.25, 0.3) is 11.5 Å². The highest BCUT2D eigenvalue weighted by Crippen LogP contribution is 2.46. The van der Waals surface area contributed by atoms with E-state index in [1.807, 2.05) is 10.3 Å². The number of hydrogen-bond acceptors (Lipinski definition) is 5. The van der Waals surface area contributed by atoms with Crippen LogP contribution >= 0.6 is 0 Å². The van der Waals surface area contributed by atoms with E-state index in [0.29, 0.717) is 6.42 Å². The average molecular weight is 494 g/mol. The molecule has 0 bridgehead atoms. The van der Waals surface area contributed by atoms with Crippen LogP contribution in [0.5, 0.6) is 5.75 Å². The maximum absolute atomic E-state index is 14.5. The van der Waals surface area contributed by atoms with Crippen molar-refractivity contribution in [3.05, 3.63) is 50.7 Å². The van der Waals surface area contributed by atoms with Crippen molar-refractivity contribution in [3.8, 4) is 11.4 Å². The van der Waals surface area contributed by atoms with Crippen LogP contribution in [0.25, 0.3) is 5.69 Å². The van der Waals surface area contributed by atoms with Gasteiger partial charge in [0, 0.05) is 6.42 Å². The van der Waals surface area contributed by atoms with Gasteiger partial charge in [-0.2, -0.15) is 13.2 Å². The number of carbonyl (C=O) groups is 2. The van der Waals surface area contributed by atoms with E-state index in [1.165, 1.54) is 25.3 Å². The first-order valence-corrected chi connectivity index (χ1v) is 11.3. The Kier molecular flexibility index (Phi) is 6.48. The summed E-state index contributed by atoms with van der Waals surface area (Å²) in [5.41, 5.74) is -7.28. The molecule has 35 heavy (non-hydrogen) atoms. The molecular weight excluding hydrogens is 469 g/mol. The second-order valence-corrected chi connectivity index (χ2v) is 8.78. The van der Waals surface area contributed by atoms with E-state index in [1.54, 1.807) is 11.4 Å². The Morgan fingerprint density at radius 2 is 1.86 bits per heavy atom. The minimum Gasteiger partial charge on any atom is -0.495 e. The molecule has 2 amide bonds. The summed E-state index contributed by atoms with van der Waals surface area (Å²) >= 11 is 0. The highest BCUT2D eigenvalue weighted by Gasteiger charge is 2.68. The molecule has 2 aromatic rings. The molecule has 1 saturated carbocycles. The zero-order valence-corrected chi connectivity index (χ0v) is 19.0. The van der Waals surface area contributed by atoms with Gasteiger partial charge in [0.05, 0.1) is 12.8 Å². The quantitative estimate of drug-likeness (QED) is 0.570. The van der Waals surface area contributed by atoms with Gasteiger partial charge in [-0.25, -0.2) is 9.36 Å². The molecular formula is C23H25F3N4O5. The molecule has 0 radical (unpaired) electrons. The number of rotatable bonds is 6. The first-order valence-electron chi connectivity index (χ1n) is 11.3. The Morgan fingerprint density at radius 1 is 1.17 bits per heavy atom. The highest BCUT2D eigenvalue weighted by molar-refractivity contribution is 6.07. The van der Waals surface area contributed by atoms with Crippen LogP contribution in [-0.4, -0.2) is 34.7 Å². The van der Waals surface area contributed by atoms with Crippen molar-refractivity contribution in [2.24, 2.45) is 5.92 Å². The fourth-order valence-electron chi connectivity index (χ4n) is 4.91. The molecule has 12 heteroatoms. The summed E-state index contributed by atoms with van der Waals surface area (Å²) in [5.74, 6) is -3.03. The summed E-state index contributed by atoms with van der Waals surface area (Å²) in [4.78, 5) is 52.8. The fraction of sp³-hybridized carbons (Fsp3) is 0.478. The molecule has 9 nitrogen and oxygen atoms in total. The predicted octanol–water partition coefficient (Wildman–Crippen LogP) is 2.72.